The highest BCUT2D eigenvalue weighted by molar-refractivity contribution is 6.05. The Balaban J connectivity index is 1.47. The van der Waals surface area contributed by atoms with Gasteiger partial charge in [-0.05, 0) is 12.8 Å². The Morgan fingerprint density at radius 3 is 3.00 bits per heavy atom. The standard InChI is InChI=1S/C15H14N6O2/c16-3-9-7-21(9)12(22)6-19-15(23)10-4-17-14-13(10)20-11(5-18-14)8-1-2-8/h4-5,8-9H,1-2,6-7H2,(H,17,18)(H,19,23). The fourth-order valence-electron chi connectivity index (χ4n) is 2.53. The van der Waals surface area contributed by atoms with Gasteiger partial charge in [-0.1, -0.05) is 0 Å². The Morgan fingerprint density at radius 1 is 1.48 bits per heavy atom. The normalized spacial score (nSPS) is 19.4. The van der Waals surface area contributed by atoms with Gasteiger partial charge in [0.1, 0.15) is 11.6 Å². The van der Waals surface area contributed by atoms with Crippen molar-refractivity contribution in [3.63, 3.8) is 0 Å². The van der Waals surface area contributed by atoms with Crippen molar-refractivity contribution in [2.75, 3.05) is 13.1 Å². The minimum Gasteiger partial charge on any atom is -0.344 e. The van der Waals surface area contributed by atoms with Crippen molar-refractivity contribution in [2.45, 2.75) is 24.8 Å². The molecule has 8 nitrogen and oxygen atoms in total. The molecule has 1 unspecified atom stereocenters. The third-order valence-corrected chi connectivity index (χ3v) is 4.12. The summed E-state index contributed by atoms with van der Waals surface area (Å²) in [6, 6.07) is 1.65. The SMILES string of the molecule is N#CC1CN1C(=O)CNC(=O)c1c[nH]c2ncc(C3CC3)nc12. The number of aromatic nitrogens is 3. The van der Waals surface area contributed by atoms with Crippen LogP contribution in [0, 0.1) is 11.3 Å². The smallest absolute Gasteiger partial charge is 0.255 e. The highest BCUT2D eigenvalue weighted by Crippen LogP contribution is 2.39. The molecule has 8 heteroatoms. The molecular weight excluding hydrogens is 296 g/mol. The zero-order chi connectivity index (χ0) is 16.0. The largest absolute Gasteiger partial charge is 0.344 e. The van der Waals surface area contributed by atoms with Gasteiger partial charge in [-0.15, -0.1) is 0 Å². The van der Waals surface area contributed by atoms with Crippen LogP contribution in [0.15, 0.2) is 12.4 Å². The third-order valence-electron chi connectivity index (χ3n) is 4.12. The van der Waals surface area contributed by atoms with E-state index < -0.39 is 0 Å². The fourth-order valence-corrected chi connectivity index (χ4v) is 2.53. The van der Waals surface area contributed by atoms with Gasteiger partial charge in [0.25, 0.3) is 5.91 Å². The first kappa shape index (κ1) is 13.7. The van der Waals surface area contributed by atoms with Gasteiger partial charge in [-0.3, -0.25) is 9.59 Å². The molecule has 0 bridgehead atoms. The lowest BCUT2D eigenvalue weighted by Gasteiger charge is -2.04. The molecule has 2 aromatic heterocycles. The molecule has 0 aromatic carbocycles. The second kappa shape index (κ2) is 5.05. The zero-order valence-electron chi connectivity index (χ0n) is 12.2. The zero-order valence-corrected chi connectivity index (χ0v) is 12.2. The van der Waals surface area contributed by atoms with Crippen LogP contribution in [0.2, 0.25) is 0 Å². The third kappa shape index (κ3) is 2.50. The van der Waals surface area contributed by atoms with E-state index in [1.165, 1.54) is 4.90 Å². The molecule has 2 aromatic rings. The molecular formula is C15H14N6O2. The summed E-state index contributed by atoms with van der Waals surface area (Å²) in [7, 11) is 0. The van der Waals surface area contributed by atoms with Crippen molar-refractivity contribution in [3.05, 3.63) is 23.7 Å². The number of rotatable bonds is 4. The first-order valence-electron chi connectivity index (χ1n) is 7.48. The molecule has 2 fully saturated rings. The molecule has 1 aliphatic heterocycles. The van der Waals surface area contributed by atoms with Gasteiger partial charge < -0.3 is 15.2 Å². The van der Waals surface area contributed by atoms with Gasteiger partial charge in [0.15, 0.2) is 5.65 Å². The van der Waals surface area contributed by atoms with Gasteiger partial charge in [0.2, 0.25) is 5.91 Å². The van der Waals surface area contributed by atoms with Crippen LogP contribution in [0.4, 0.5) is 0 Å². The summed E-state index contributed by atoms with van der Waals surface area (Å²) in [5.41, 5.74) is 2.37. The van der Waals surface area contributed by atoms with E-state index in [-0.39, 0.29) is 24.4 Å². The van der Waals surface area contributed by atoms with E-state index >= 15 is 0 Å². The monoisotopic (exact) mass is 310 g/mol. The molecule has 116 valence electrons. The molecule has 1 saturated heterocycles. The summed E-state index contributed by atoms with van der Waals surface area (Å²) in [4.78, 5) is 37.2. The maximum Gasteiger partial charge on any atom is 0.255 e. The van der Waals surface area contributed by atoms with Crippen LogP contribution in [-0.2, 0) is 4.79 Å². The van der Waals surface area contributed by atoms with Crippen molar-refractivity contribution in [1.82, 2.24) is 25.2 Å². The van der Waals surface area contributed by atoms with Crippen LogP contribution in [0.5, 0.6) is 0 Å². The number of carbonyl (C=O) groups is 2. The highest BCUT2D eigenvalue weighted by atomic mass is 16.2. The number of nitrogens with one attached hydrogen (secondary N) is 2. The minimum absolute atomic E-state index is 0.126. The van der Waals surface area contributed by atoms with Crippen LogP contribution in [0.25, 0.3) is 11.2 Å². The minimum atomic E-state index is -0.373. The van der Waals surface area contributed by atoms with Crippen LogP contribution in [0.1, 0.15) is 34.8 Å². The first-order chi connectivity index (χ1) is 11.2. The van der Waals surface area contributed by atoms with Gasteiger partial charge in [0, 0.05) is 12.1 Å². The Bertz CT molecular complexity index is 847. The van der Waals surface area contributed by atoms with Crippen LogP contribution < -0.4 is 5.32 Å². The predicted octanol–water partition coefficient (Wildman–Crippen LogP) is 0.299. The number of hydrogen-bond donors (Lipinski definition) is 2. The Morgan fingerprint density at radius 2 is 2.30 bits per heavy atom. The van der Waals surface area contributed by atoms with Crippen LogP contribution in [-0.4, -0.2) is 50.8 Å². The van der Waals surface area contributed by atoms with Crippen molar-refractivity contribution < 1.29 is 9.59 Å². The average Bonchev–Trinajstić information content (AvgIpc) is 3.47. The second-order valence-electron chi connectivity index (χ2n) is 5.84. The Labute approximate surface area is 131 Å². The van der Waals surface area contributed by atoms with Gasteiger partial charge in [-0.2, -0.15) is 5.26 Å². The van der Waals surface area contributed by atoms with Crippen molar-refractivity contribution >= 4 is 23.0 Å². The van der Waals surface area contributed by atoms with E-state index in [1.807, 2.05) is 6.07 Å². The topological polar surface area (TPSA) is 115 Å². The number of nitrogens with zero attached hydrogens (tertiary/aromatic N) is 4. The molecule has 2 aliphatic rings. The molecule has 23 heavy (non-hydrogen) atoms. The molecule has 1 aliphatic carbocycles. The number of amides is 2. The summed E-state index contributed by atoms with van der Waals surface area (Å²) in [6.07, 6.45) is 5.51. The molecule has 0 radical (unpaired) electrons. The highest BCUT2D eigenvalue weighted by Gasteiger charge is 2.38. The number of H-pyrrole nitrogens is 1. The number of fused-ring (bicyclic) bond motifs is 1. The molecule has 2 amide bonds. The summed E-state index contributed by atoms with van der Waals surface area (Å²) in [5.74, 6) is -0.179. The number of nitriles is 1. The lowest BCUT2D eigenvalue weighted by Crippen LogP contribution is -2.33. The maximum absolute atomic E-state index is 12.3. The Kier molecular flexibility index (Phi) is 3.01. The Hall–Kier alpha value is -2.95. The molecule has 0 spiro atoms. The van der Waals surface area contributed by atoms with Gasteiger partial charge >= 0.3 is 0 Å². The molecule has 3 heterocycles. The lowest BCUT2D eigenvalue weighted by atomic mass is 10.2. The predicted molar refractivity (Wildman–Crippen MR) is 79.3 cm³/mol. The van der Waals surface area contributed by atoms with E-state index in [0.717, 1.165) is 18.5 Å². The second-order valence-corrected chi connectivity index (χ2v) is 5.84. The van der Waals surface area contributed by atoms with Crippen molar-refractivity contribution in [1.29, 1.82) is 5.26 Å². The summed E-state index contributed by atoms with van der Waals surface area (Å²) >= 11 is 0. The maximum atomic E-state index is 12.3. The molecule has 4 rings (SSSR count). The fraction of sp³-hybridized carbons (Fsp3) is 0.400. The van der Waals surface area contributed by atoms with E-state index in [4.69, 9.17) is 5.26 Å². The number of carbonyl (C=O) groups excluding carboxylic acids is 2. The van der Waals surface area contributed by atoms with Gasteiger partial charge in [0.05, 0.1) is 36.6 Å². The number of hydrogen-bond acceptors (Lipinski definition) is 5. The molecule has 1 saturated carbocycles. The van der Waals surface area contributed by atoms with Crippen molar-refractivity contribution in [2.24, 2.45) is 0 Å². The lowest BCUT2D eigenvalue weighted by molar-refractivity contribution is -0.124. The van der Waals surface area contributed by atoms with E-state index in [9.17, 15) is 9.59 Å². The summed E-state index contributed by atoms with van der Waals surface area (Å²) in [6.45, 7) is 0.313. The van der Waals surface area contributed by atoms with E-state index in [0.29, 0.717) is 29.2 Å². The van der Waals surface area contributed by atoms with Crippen LogP contribution >= 0.6 is 0 Å². The number of aromatic amines is 1. The average molecular weight is 310 g/mol. The van der Waals surface area contributed by atoms with Gasteiger partial charge in [-0.25, -0.2) is 9.97 Å². The first-order valence-corrected chi connectivity index (χ1v) is 7.48. The summed E-state index contributed by atoms with van der Waals surface area (Å²) < 4.78 is 0. The van der Waals surface area contributed by atoms with Crippen molar-refractivity contribution in [3.8, 4) is 6.07 Å². The molecule has 2 N–H and O–H groups in total. The van der Waals surface area contributed by atoms with Crippen LogP contribution in [0.3, 0.4) is 0 Å². The quantitative estimate of drug-likeness (QED) is 0.788. The van der Waals surface area contributed by atoms with E-state index in [1.54, 1.807) is 12.4 Å². The van der Waals surface area contributed by atoms with E-state index in [2.05, 4.69) is 20.3 Å². The molecule has 1 atom stereocenters. The summed E-state index contributed by atoms with van der Waals surface area (Å²) in [5, 5.41) is 11.3.